The highest BCUT2D eigenvalue weighted by molar-refractivity contribution is 5.09. The van der Waals surface area contributed by atoms with E-state index in [1.54, 1.807) is 0 Å². The van der Waals surface area contributed by atoms with E-state index in [1.165, 1.54) is 18.5 Å². The lowest BCUT2D eigenvalue weighted by molar-refractivity contribution is -0.221. The van der Waals surface area contributed by atoms with E-state index in [0.29, 0.717) is 25.9 Å². The number of aliphatic hydroxyl groups is 1. The van der Waals surface area contributed by atoms with Crippen LogP contribution >= 0.6 is 0 Å². The van der Waals surface area contributed by atoms with Gasteiger partial charge in [-0.1, -0.05) is 13.3 Å². The van der Waals surface area contributed by atoms with Crippen molar-refractivity contribution >= 4 is 0 Å². The summed E-state index contributed by atoms with van der Waals surface area (Å²) in [5.41, 5.74) is 0.554. The summed E-state index contributed by atoms with van der Waals surface area (Å²) in [7, 11) is 0. The van der Waals surface area contributed by atoms with Crippen molar-refractivity contribution in [2.24, 2.45) is 11.8 Å². The molecule has 0 radical (unpaired) electrons. The van der Waals surface area contributed by atoms with Gasteiger partial charge in [-0.05, 0) is 12.8 Å². The van der Waals surface area contributed by atoms with Gasteiger partial charge in [-0.2, -0.15) is 0 Å². The highest BCUT2D eigenvalue weighted by Gasteiger charge is 2.55. The summed E-state index contributed by atoms with van der Waals surface area (Å²) < 4.78 is 11.4. The lowest BCUT2D eigenvalue weighted by Crippen LogP contribution is -2.67. The van der Waals surface area contributed by atoms with Crippen LogP contribution in [0.4, 0.5) is 0 Å². The zero-order valence-electron chi connectivity index (χ0n) is 15.2. The fraction of sp³-hybridized carbons (Fsp3) is 0.842. The van der Waals surface area contributed by atoms with Crippen LogP contribution in [0.15, 0.2) is 6.20 Å². The van der Waals surface area contributed by atoms with Crippen LogP contribution in [-0.2, 0) is 22.4 Å². The van der Waals surface area contributed by atoms with Gasteiger partial charge in [-0.3, -0.25) is 4.90 Å². The average molecular weight is 349 g/mol. The molecular weight excluding hydrogens is 318 g/mol. The summed E-state index contributed by atoms with van der Waals surface area (Å²) in [5.74, 6) is 1.45. The first kappa shape index (κ1) is 17.5. The van der Waals surface area contributed by atoms with Crippen molar-refractivity contribution in [3.63, 3.8) is 0 Å². The van der Waals surface area contributed by atoms with Crippen LogP contribution in [0.25, 0.3) is 0 Å². The van der Waals surface area contributed by atoms with Crippen LogP contribution in [0.5, 0.6) is 0 Å². The molecule has 3 saturated heterocycles. The molecule has 6 heteroatoms. The Bertz CT molecular complexity index is 578. The van der Waals surface area contributed by atoms with Crippen LogP contribution < -0.4 is 0 Å². The lowest BCUT2D eigenvalue weighted by atomic mass is 9.66. The molecule has 1 aromatic heterocycles. The zero-order chi connectivity index (χ0) is 17.3. The van der Waals surface area contributed by atoms with Crippen LogP contribution in [0, 0.1) is 11.8 Å². The van der Waals surface area contributed by atoms with Crippen molar-refractivity contribution in [1.29, 1.82) is 0 Å². The number of nitrogens with zero attached hydrogens (tertiary/aromatic N) is 2. The Balaban J connectivity index is 1.50. The third-order valence-corrected chi connectivity index (χ3v) is 6.38. The molecule has 1 aromatic rings. The molecule has 3 aliphatic heterocycles. The number of hydrogen-bond donors (Lipinski definition) is 2. The van der Waals surface area contributed by atoms with Crippen LogP contribution in [-0.4, -0.2) is 64.6 Å². The Hall–Kier alpha value is -0.950. The van der Waals surface area contributed by atoms with Crippen LogP contribution in [0.2, 0.25) is 0 Å². The average Bonchev–Trinajstić information content (AvgIpc) is 3.08. The number of likely N-dealkylation sites (tertiary alicyclic amines) is 1. The molecule has 0 bridgehead atoms. The minimum atomic E-state index is -0.625. The fourth-order valence-corrected chi connectivity index (χ4v) is 4.93. The number of ether oxygens (including phenoxy) is 2. The van der Waals surface area contributed by atoms with E-state index < -0.39 is 5.60 Å². The Labute approximate surface area is 149 Å². The molecule has 140 valence electrons. The summed E-state index contributed by atoms with van der Waals surface area (Å²) in [6.45, 7) is 6.74. The molecule has 4 heterocycles. The van der Waals surface area contributed by atoms with Crippen molar-refractivity contribution in [3.8, 4) is 0 Å². The molecule has 3 fully saturated rings. The van der Waals surface area contributed by atoms with E-state index >= 15 is 0 Å². The molecule has 0 aromatic carbocycles. The van der Waals surface area contributed by atoms with Crippen molar-refractivity contribution < 1.29 is 14.6 Å². The molecular formula is C19H31N3O3. The molecule has 0 unspecified atom stereocenters. The Morgan fingerprint density at radius 3 is 3.12 bits per heavy atom. The second-order valence-electron chi connectivity index (χ2n) is 7.94. The minimum absolute atomic E-state index is 0.173. The molecule has 0 aliphatic carbocycles. The summed E-state index contributed by atoms with van der Waals surface area (Å²) in [4.78, 5) is 10.6. The summed E-state index contributed by atoms with van der Waals surface area (Å²) in [5, 5.41) is 11.4. The molecule has 0 saturated carbocycles. The molecule has 4 rings (SSSR count). The SMILES string of the molecule is CCCCc1ncc(CN2C[C@@H]3COCC[C@]3(O)[C@H]3COCC[C@H]32)[nH]1. The van der Waals surface area contributed by atoms with Gasteiger partial charge >= 0.3 is 0 Å². The number of hydrogen-bond acceptors (Lipinski definition) is 5. The van der Waals surface area contributed by atoms with Gasteiger partial charge in [0.15, 0.2) is 0 Å². The number of nitrogens with one attached hydrogen (secondary N) is 1. The van der Waals surface area contributed by atoms with Gasteiger partial charge < -0.3 is 19.6 Å². The van der Waals surface area contributed by atoms with Gasteiger partial charge in [0, 0.05) is 68.9 Å². The molecule has 0 spiro atoms. The van der Waals surface area contributed by atoms with E-state index in [2.05, 4.69) is 21.8 Å². The number of aromatic amines is 1. The number of unbranched alkanes of at least 4 members (excludes halogenated alkanes) is 1. The highest BCUT2D eigenvalue weighted by Crippen LogP contribution is 2.44. The minimum Gasteiger partial charge on any atom is -0.389 e. The largest absolute Gasteiger partial charge is 0.389 e. The van der Waals surface area contributed by atoms with Crippen LogP contribution in [0.3, 0.4) is 0 Å². The van der Waals surface area contributed by atoms with Gasteiger partial charge in [0.2, 0.25) is 0 Å². The first-order valence-electron chi connectivity index (χ1n) is 9.85. The predicted molar refractivity (Wildman–Crippen MR) is 94.2 cm³/mol. The van der Waals surface area contributed by atoms with Gasteiger partial charge in [-0.25, -0.2) is 4.98 Å². The smallest absolute Gasteiger partial charge is 0.106 e. The summed E-state index contributed by atoms with van der Waals surface area (Å²) >= 11 is 0. The summed E-state index contributed by atoms with van der Waals surface area (Å²) in [6, 6.07) is 0.385. The monoisotopic (exact) mass is 349 g/mol. The molecule has 3 aliphatic rings. The van der Waals surface area contributed by atoms with Gasteiger partial charge in [0.05, 0.1) is 18.8 Å². The van der Waals surface area contributed by atoms with Gasteiger partial charge in [0.1, 0.15) is 5.82 Å². The summed E-state index contributed by atoms with van der Waals surface area (Å²) in [6.07, 6.45) is 7.10. The Morgan fingerprint density at radius 2 is 2.24 bits per heavy atom. The Morgan fingerprint density at radius 1 is 1.36 bits per heavy atom. The van der Waals surface area contributed by atoms with Crippen molar-refractivity contribution in [2.75, 3.05) is 33.0 Å². The quantitative estimate of drug-likeness (QED) is 0.847. The number of fused-ring (bicyclic) bond motifs is 3. The number of rotatable bonds is 5. The molecule has 6 nitrogen and oxygen atoms in total. The fourth-order valence-electron chi connectivity index (χ4n) is 4.93. The standard InChI is InChI=1S/C19H31N3O3/c1-2-3-4-18-20-9-15(21-18)11-22-10-14-12-25-8-6-19(14,23)16-13-24-7-5-17(16)22/h9,14,16-17,23H,2-8,10-13H2,1H3,(H,20,21)/t14-,16+,17-,19-/m1/s1. The maximum absolute atomic E-state index is 11.4. The highest BCUT2D eigenvalue weighted by atomic mass is 16.5. The number of piperidine rings is 1. The lowest BCUT2D eigenvalue weighted by Gasteiger charge is -2.57. The molecule has 2 N–H and O–H groups in total. The van der Waals surface area contributed by atoms with Crippen molar-refractivity contribution in [2.45, 2.75) is 57.2 Å². The molecule has 4 atom stereocenters. The Kier molecular flexibility index (Phi) is 5.13. The van der Waals surface area contributed by atoms with E-state index in [0.717, 1.165) is 44.8 Å². The molecule has 25 heavy (non-hydrogen) atoms. The van der Waals surface area contributed by atoms with Crippen molar-refractivity contribution in [3.05, 3.63) is 17.7 Å². The molecule has 0 amide bonds. The normalized spacial score (nSPS) is 36.0. The number of aryl methyl sites for hydroxylation is 1. The topological polar surface area (TPSA) is 70.6 Å². The second-order valence-corrected chi connectivity index (χ2v) is 7.94. The van der Waals surface area contributed by atoms with Gasteiger partial charge in [-0.15, -0.1) is 0 Å². The number of H-pyrrole nitrogens is 1. The second kappa shape index (κ2) is 7.35. The maximum atomic E-state index is 11.4. The van der Waals surface area contributed by atoms with E-state index in [1.807, 2.05) is 6.20 Å². The number of imidazole rings is 1. The first-order chi connectivity index (χ1) is 12.2. The van der Waals surface area contributed by atoms with Crippen molar-refractivity contribution in [1.82, 2.24) is 14.9 Å². The van der Waals surface area contributed by atoms with E-state index in [-0.39, 0.29) is 11.8 Å². The van der Waals surface area contributed by atoms with Crippen LogP contribution in [0.1, 0.15) is 44.1 Å². The number of aromatic nitrogens is 2. The van der Waals surface area contributed by atoms with E-state index in [4.69, 9.17) is 9.47 Å². The predicted octanol–water partition coefficient (Wildman–Crippen LogP) is 1.74. The third-order valence-electron chi connectivity index (χ3n) is 6.38. The maximum Gasteiger partial charge on any atom is 0.106 e. The third kappa shape index (κ3) is 3.37. The van der Waals surface area contributed by atoms with E-state index in [9.17, 15) is 5.11 Å². The van der Waals surface area contributed by atoms with Gasteiger partial charge in [0.25, 0.3) is 0 Å². The zero-order valence-corrected chi connectivity index (χ0v) is 15.2. The first-order valence-corrected chi connectivity index (χ1v) is 9.85.